The summed E-state index contributed by atoms with van der Waals surface area (Å²) in [5.41, 5.74) is 0.744. The van der Waals surface area contributed by atoms with Crippen LogP contribution in [-0.2, 0) is 11.3 Å². The SMILES string of the molecule is O=c1c2sc3ncccc3c2[nH]c(=S)n1CC1CCCO1. The van der Waals surface area contributed by atoms with E-state index in [-0.39, 0.29) is 11.7 Å². The maximum absolute atomic E-state index is 12.7. The Kier molecular flexibility index (Phi) is 3.13. The van der Waals surface area contributed by atoms with Gasteiger partial charge in [0.05, 0.1) is 18.2 Å². The lowest BCUT2D eigenvalue weighted by Crippen LogP contribution is -2.27. The molecule has 21 heavy (non-hydrogen) atoms. The van der Waals surface area contributed by atoms with Crippen molar-refractivity contribution in [1.82, 2.24) is 14.5 Å². The molecule has 1 unspecified atom stereocenters. The summed E-state index contributed by atoms with van der Waals surface area (Å²) in [6.45, 7) is 1.29. The van der Waals surface area contributed by atoms with Crippen molar-refractivity contribution in [2.24, 2.45) is 0 Å². The third-order valence-electron chi connectivity index (χ3n) is 3.79. The number of hydrogen-bond acceptors (Lipinski definition) is 5. The van der Waals surface area contributed by atoms with Gasteiger partial charge in [-0.15, -0.1) is 11.3 Å². The fourth-order valence-corrected chi connectivity index (χ4v) is 4.06. The van der Waals surface area contributed by atoms with Gasteiger partial charge in [0.2, 0.25) is 0 Å². The summed E-state index contributed by atoms with van der Waals surface area (Å²) in [6, 6.07) is 3.82. The third-order valence-corrected chi connectivity index (χ3v) is 5.22. The molecule has 1 aliphatic heterocycles. The highest BCUT2D eigenvalue weighted by Crippen LogP contribution is 2.28. The number of rotatable bonds is 2. The minimum Gasteiger partial charge on any atom is -0.376 e. The monoisotopic (exact) mass is 319 g/mol. The number of aromatic nitrogens is 3. The molecule has 3 aromatic heterocycles. The number of pyridine rings is 1. The zero-order valence-corrected chi connectivity index (χ0v) is 12.8. The van der Waals surface area contributed by atoms with Crippen molar-refractivity contribution in [3.63, 3.8) is 0 Å². The largest absolute Gasteiger partial charge is 0.376 e. The van der Waals surface area contributed by atoms with Gasteiger partial charge >= 0.3 is 0 Å². The molecule has 1 aliphatic rings. The second kappa shape index (κ2) is 5.01. The minimum absolute atomic E-state index is 0.0488. The number of ether oxygens (including phenoxy) is 1. The molecule has 0 bridgehead atoms. The highest BCUT2D eigenvalue weighted by atomic mass is 32.1. The standard InChI is InChI=1S/C14H13N3O2S2/c18-13-11-10(9-4-1-5-15-12(9)21-11)16-14(20)17(13)7-8-3-2-6-19-8/h1,4-5,8H,2-3,6-7H2,(H,16,20). The molecule has 0 radical (unpaired) electrons. The summed E-state index contributed by atoms with van der Waals surface area (Å²) < 4.78 is 8.35. The van der Waals surface area contributed by atoms with Crippen molar-refractivity contribution in [2.75, 3.05) is 6.61 Å². The van der Waals surface area contributed by atoms with Gasteiger partial charge in [-0.1, -0.05) is 0 Å². The van der Waals surface area contributed by atoms with Gasteiger partial charge in [-0.3, -0.25) is 9.36 Å². The Bertz CT molecular complexity index is 935. The first-order valence-corrected chi connectivity index (χ1v) is 8.08. The van der Waals surface area contributed by atoms with Gasteiger partial charge in [-0.05, 0) is 37.2 Å². The van der Waals surface area contributed by atoms with E-state index < -0.39 is 0 Å². The van der Waals surface area contributed by atoms with Crippen LogP contribution in [0.15, 0.2) is 23.1 Å². The second-order valence-corrected chi connectivity index (χ2v) is 6.53. The Hall–Kier alpha value is -1.57. The Morgan fingerprint density at radius 3 is 3.29 bits per heavy atom. The normalized spacial score (nSPS) is 18.8. The van der Waals surface area contributed by atoms with Crippen molar-refractivity contribution in [3.8, 4) is 0 Å². The summed E-state index contributed by atoms with van der Waals surface area (Å²) >= 11 is 6.77. The van der Waals surface area contributed by atoms with Crippen LogP contribution in [-0.4, -0.2) is 27.2 Å². The summed E-state index contributed by atoms with van der Waals surface area (Å²) in [6.07, 6.45) is 3.85. The predicted octanol–water partition coefficient (Wildman–Crippen LogP) is 2.85. The summed E-state index contributed by atoms with van der Waals surface area (Å²) in [4.78, 5) is 21.1. The van der Waals surface area contributed by atoms with E-state index in [0.717, 1.165) is 35.2 Å². The van der Waals surface area contributed by atoms with Crippen molar-refractivity contribution in [3.05, 3.63) is 33.5 Å². The molecule has 5 nitrogen and oxygen atoms in total. The minimum atomic E-state index is -0.0488. The molecule has 108 valence electrons. The first-order valence-electron chi connectivity index (χ1n) is 6.86. The van der Waals surface area contributed by atoms with Gasteiger partial charge in [0.1, 0.15) is 9.53 Å². The van der Waals surface area contributed by atoms with Crippen molar-refractivity contribution < 1.29 is 4.74 Å². The number of fused-ring (bicyclic) bond motifs is 3. The molecule has 7 heteroatoms. The van der Waals surface area contributed by atoms with E-state index in [0.29, 0.717) is 16.0 Å². The molecule has 0 saturated carbocycles. The fraction of sp³-hybridized carbons (Fsp3) is 0.357. The zero-order chi connectivity index (χ0) is 14.4. The fourth-order valence-electron chi connectivity index (χ4n) is 2.75. The average Bonchev–Trinajstić information content (AvgIpc) is 3.11. The summed E-state index contributed by atoms with van der Waals surface area (Å²) in [7, 11) is 0. The quantitative estimate of drug-likeness (QED) is 0.738. The smallest absolute Gasteiger partial charge is 0.272 e. The molecule has 1 saturated heterocycles. The van der Waals surface area contributed by atoms with E-state index in [1.54, 1.807) is 10.8 Å². The lowest BCUT2D eigenvalue weighted by Gasteiger charge is -2.11. The Morgan fingerprint density at radius 2 is 2.48 bits per heavy atom. The van der Waals surface area contributed by atoms with E-state index in [9.17, 15) is 4.79 Å². The van der Waals surface area contributed by atoms with E-state index in [1.807, 2.05) is 12.1 Å². The molecule has 3 aromatic rings. The lowest BCUT2D eigenvalue weighted by atomic mass is 10.2. The van der Waals surface area contributed by atoms with Crippen molar-refractivity contribution in [2.45, 2.75) is 25.5 Å². The Labute approximate surface area is 129 Å². The summed E-state index contributed by atoms with van der Waals surface area (Å²) in [5, 5.41) is 0.949. The second-order valence-electron chi connectivity index (χ2n) is 5.14. The van der Waals surface area contributed by atoms with Crippen LogP contribution >= 0.6 is 23.6 Å². The molecule has 0 aromatic carbocycles. The van der Waals surface area contributed by atoms with Crippen LogP contribution in [0, 0.1) is 4.77 Å². The predicted molar refractivity (Wildman–Crippen MR) is 85.5 cm³/mol. The zero-order valence-electron chi connectivity index (χ0n) is 11.2. The van der Waals surface area contributed by atoms with E-state index in [2.05, 4.69) is 9.97 Å². The van der Waals surface area contributed by atoms with Gasteiger partial charge in [0.15, 0.2) is 4.77 Å². The molecular weight excluding hydrogens is 306 g/mol. The van der Waals surface area contributed by atoms with Gasteiger partial charge in [0, 0.05) is 18.2 Å². The molecule has 0 spiro atoms. The highest BCUT2D eigenvalue weighted by Gasteiger charge is 2.19. The number of thiophene rings is 1. The number of nitrogens with one attached hydrogen (secondary N) is 1. The van der Waals surface area contributed by atoms with Crippen LogP contribution in [0.4, 0.5) is 0 Å². The van der Waals surface area contributed by atoms with E-state index >= 15 is 0 Å². The highest BCUT2D eigenvalue weighted by molar-refractivity contribution is 7.71. The number of H-pyrrole nitrogens is 1. The first kappa shape index (κ1) is 13.1. The number of nitrogens with zero attached hydrogens (tertiary/aromatic N) is 2. The van der Waals surface area contributed by atoms with Crippen LogP contribution in [0.25, 0.3) is 20.4 Å². The summed E-state index contributed by atoms with van der Waals surface area (Å²) in [5.74, 6) is 0. The van der Waals surface area contributed by atoms with Crippen LogP contribution in [0.2, 0.25) is 0 Å². The molecule has 0 amide bonds. The molecule has 0 aliphatic carbocycles. The lowest BCUT2D eigenvalue weighted by molar-refractivity contribution is 0.0957. The number of aromatic amines is 1. The van der Waals surface area contributed by atoms with E-state index in [1.165, 1.54) is 11.3 Å². The average molecular weight is 319 g/mol. The Balaban J connectivity index is 1.94. The van der Waals surface area contributed by atoms with Crippen LogP contribution in [0.1, 0.15) is 12.8 Å². The van der Waals surface area contributed by atoms with Crippen LogP contribution < -0.4 is 5.56 Å². The van der Waals surface area contributed by atoms with Gasteiger partial charge in [-0.25, -0.2) is 4.98 Å². The maximum Gasteiger partial charge on any atom is 0.272 e. The Morgan fingerprint density at radius 1 is 1.57 bits per heavy atom. The van der Waals surface area contributed by atoms with Crippen LogP contribution in [0.3, 0.4) is 0 Å². The first-order chi connectivity index (χ1) is 10.2. The molecule has 1 fully saturated rings. The topological polar surface area (TPSA) is 59.9 Å². The molecule has 4 heterocycles. The third kappa shape index (κ3) is 2.12. The molecule has 1 atom stereocenters. The van der Waals surface area contributed by atoms with Crippen molar-refractivity contribution in [1.29, 1.82) is 0 Å². The van der Waals surface area contributed by atoms with Gasteiger partial charge in [-0.2, -0.15) is 0 Å². The van der Waals surface area contributed by atoms with Gasteiger partial charge < -0.3 is 9.72 Å². The molecule has 1 N–H and O–H groups in total. The maximum atomic E-state index is 12.7. The molecule has 4 rings (SSSR count). The van der Waals surface area contributed by atoms with Gasteiger partial charge in [0.25, 0.3) is 5.56 Å². The van der Waals surface area contributed by atoms with Crippen molar-refractivity contribution >= 4 is 44.0 Å². The molecular formula is C14H13N3O2S2. The van der Waals surface area contributed by atoms with E-state index in [4.69, 9.17) is 17.0 Å². The number of hydrogen-bond donors (Lipinski definition) is 1. The van der Waals surface area contributed by atoms with Crippen LogP contribution in [0.5, 0.6) is 0 Å².